The quantitative estimate of drug-likeness (QED) is 0.577. The van der Waals surface area contributed by atoms with Crippen LogP contribution in [0.2, 0.25) is 0 Å². The number of nitrogens with one attached hydrogen (secondary N) is 1. The van der Waals surface area contributed by atoms with Crippen LogP contribution in [0, 0.1) is 6.92 Å². The zero-order chi connectivity index (χ0) is 20.0. The second-order valence-electron chi connectivity index (χ2n) is 6.85. The molecule has 1 N–H and O–H groups in total. The van der Waals surface area contributed by atoms with E-state index in [0.717, 1.165) is 45.8 Å². The average molecular weight is 433 g/mol. The first-order chi connectivity index (χ1) is 12.8. The van der Waals surface area contributed by atoms with Gasteiger partial charge in [0.25, 0.3) is 5.91 Å². The Labute approximate surface area is 171 Å². The summed E-state index contributed by atoms with van der Waals surface area (Å²) in [5.74, 6) is 0.909. The van der Waals surface area contributed by atoms with Crippen molar-refractivity contribution in [3.63, 3.8) is 0 Å². The Kier molecular flexibility index (Phi) is 7.72. The van der Waals surface area contributed by atoms with Crippen molar-refractivity contribution in [3.8, 4) is 5.75 Å². The van der Waals surface area contributed by atoms with Crippen molar-refractivity contribution < 1.29 is 9.53 Å². The minimum absolute atomic E-state index is 0.0153. The van der Waals surface area contributed by atoms with Gasteiger partial charge in [-0.2, -0.15) is 0 Å². The molecule has 2 aromatic carbocycles. The molecule has 2 rings (SSSR count). The number of anilines is 2. The largest absolute Gasteiger partial charge is 0.483 e. The molecule has 0 heterocycles. The molecular weight excluding hydrogens is 404 g/mol. The van der Waals surface area contributed by atoms with Gasteiger partial charge in [0.1, 0.15) is 5.75 Å². The SMILES string of the molecule is CCN(CC)c1ccc(NC(=O)COc2cc(C)c(Br)cc2C(C)C)cc1. The van der Waals surface area contributed by atoms with Crippen molar-refractivity contribution in [2.75, 3.05) is 29.9 Å². The molecule has 5 heteroatoms. The number of hydrogen-bond acceptors (Lipinski definition) is 3. The summed E-state index contributed by atoms with van der Waals surface area (Å²) in [5, 5.41) is 2.90. The van der Waals surface area contributed by atoms with E-state index < -0.39 is 0 Å². The van der Waals surface area contributed by atoms with Crippen LogP contribution in [-0.4, -0.2) is 25.6 Å². The number of carbonyl (C=O) groups is 1. The summed E-state index contributed by atoms with van der Waals surface area (Å²) in [6.45, 7) is 12.4. The predicted octanol–water partition coefficient (Wildman–Crippen LogP) is 5.74. The molecule has 0 spiro atoms. The zero-order valence-electron chi connectivity index (χ0n) is 16.8. The average Bonchev–Trinajstić information content (AvgIpc) is 2.64. The van der Waals surface area contributed by atoms with Gasteiger partial charge in [0.2, 0.25) is 0 Å². The van der Waals surface area contributed by atoms with Crippen molar-refractivity contribution in [2.45, 2.75) is 40.5 Å². The second-order valence-corrected chi connectivity index (χ2v) is 7.70. The Morgan fingerprint density at radius 1 is 1.15 bits per heavy atom. The molecule has 4 nitrogen and oxygen atoms in total. The monoisotopic (exact) mass is 432 g/mol. The number of hydrogen-bond donors (Lipinski definition) is 1. The van der Waals surface area contributed by atoms with Crippen molar-refractivity contribution in [1.82, 2.24) is 0 Å². The summed E-state index contributed by atoms with van der Waals surface area (Å²) in [5.41, 5.74) is 4.10. The molecule has 0 bridgehead atoms. The van der Waals surface area contributed by atoms with Crippen LogP contribution >= 0.6 is 15.9 Å². The fourth-order valence-corrected chi connectivity index (χ4v) is 3.29. The molecule has 0 aliphatic rings. The van der Waals surface area contributed by atoms with E-state index in [-0.39, 0.29) is 12.5 Å². The lowest BCUT2D eigenvalue weighted by molar-refractivity contribution is -0.118. The summed E-state index contributed by atoms with van der Waals surface area (Å²) in [6, 6.07) is 11.9. The molecule has 0 unspecified atom stereocenters. The minimum atomic E-state index is -0.166. The van der Waals surface area contributed by atoms with Gasteiger partial charge in [0.05, 0.1) is 0 Å². The van der Waals surface area contributed by atoms with Crippen LogP contribution in [-0.2, 0) is 4.79 Å². The van der Waals surface area contributed by atoms with E-state index in [1.54, 1.807) is 0 Å². The third kappa shape index (κ3) is 5.73. The number of benzene rings is 2. The van der Waals surface area contributed by atoms with Crippen molar-refractivity contribution >= 4 is 33.2 Å². The molecule has 0 aromatic heterocycles. The number of rotatable bonds is 8. The van der Waals surface area contributed by atoms with Gasteiger partial charge in [-0.3, -0.25) is 4.79 Å². The number of halogens is 1. The summed E-state index contributed by atoms with van der Waals surface area (Å²) in [7, 11) is 0. The van der Waals surface area contributed by atoms with Gasteiger partial charge in [0.15, 0.2) is 6.61 Å². The number of amides is 1. The third-order valence-corrected chi connectivity index (χ3v) is 5.41. The van der Waals surface area contributed by atoms with Crippen molar-refractivity contribution in [3.05, 3.63) is 52.0 Å². The second kappa shape index (κ2) is 9.79. The van der Waals surface area contributed by atoms with Gasteiger partial charge in [-0.25, -0.2) is 0 Å². The minimum Gasteiger partial charge on any atom is -0.483 e. The Bertz CT molecular complexity index is 769. The Morgan fingerprint density at radius 2 is 1.78 bits per heavy atom. The zero-order valence-corrected chi connectivity index (χ0v) is 18.4. The van der Waals surface area contributed by atoms with Crippen LogP contribution in [0.15, 0.2) is 40.9 Å². The van der Waals surface area contributed by atoms with Crippen LogP contribution < -0.4 is 15.0 Å². The van der Waals surface area contributed by atoms with E-state index in [1.165, 1.54) is 0 Å². The first kappa shape index (κ1) is 21.3. The van der Waals surface area contributed by atoms with E-state index in [0.29, 0.717) is 5.92 Å². The lowest BCUT2D eigenvalue weighted by Crippen LogP contribution is -2.22. The summed E-state index contributed by atoms with van der Waals surface area (Å²) in [4.78, 5) is 14.6. The van der Waals surface area contributed by atoms with Gasteiger partial charge in [-0.15, -0.1) is 0 Å². The van der Waals surface area contributed by atoms with E-state index in [4.69, 9.17) is 4.74 Å². The molecule has 0 saturated heterocycles. The molecule has 27 heavy (non-hydrogen) atoms. The molecule has 2 aromatic rings. The highest BCUT2D eigenvalue weighted by Gasteiger charge is 2.13. The van der Waals surface area contributed by atoms with Crippen molar-refractivity contribution in [1.29, 1.82) is 0 Å². The number of carbonyl (C=O) groups excluding carboxylic acids is 1. The lowest BCUT2D eigenvalue weighted by Gasteiger charge is -2.21. The summed E-state index contributed by atoms with van der Waals surface area (Å²) in [6.07, 6.45) is 0. The first-order valence-electron chi connectivity index (χ1n) is 9.43. The van der Waals surface area contributed by atoms with E-state index in [9.17, 15) is 4.79 Å². The van der Waals surface area contributed by atoms with Gasteiger partial charge < -0.3 is 15.0 Å². The Balaban J connectivity index is 2.00. The van der Waals surface area contributed by atoms with Crippen LogP contribution in [0.1, 0.15) is 44.7 Å². The molecule has 0 aliphatic heterocycles. The van der Waals surface area contributed by atoms with Crippen LogP contribution in [0.5, 0.6) is 5.75 Å². The van der Waals surface area contributed by atoms with Crippen LogP contribution in [0.4, 0.5) is 11.4 Å². The number of ether oxygens (including phenoxy) is 1. The maximum absolute atomic E-state index is 12.3. The van der Waals surface area contributed by atoms with Gasteiger partial charge in [-0.05, 0) is 74.2 Å². The molecule has 0 atom stereocenters. The van der Waals surface area contributed by atoms with Gasteiger partial charge in [-0.1, -0.05) is 29.8 Å². The van der Waals surface area contributed by atoms with Crippen molar-refractivity contribution in [2.24, 2.45) is 0 Å². The molecule has 146 valence electrons. The van der Waals surface area contributed by atoms with E-state index >= 15 is 0 Å². The lowest BCUT2D eigenvalue weighted by atomic mass is 10.0. The molecule has 0 saturated carbocycles. The summed E-state index contributed by atoms with van der Waals surface area (Å²) < 4.78 is 6.88. The Hall–Kier alpha value is -2.01. The van der Waals surface area contributed by atoms with E-state index in [1.807, 2.05) is 37.3 Å². The van der Waals surface area contributed by atoms with Gasteiger partial charge in [0, 0.05) is 28.9 Å². The maximum Gasteiger partial charge on any atom is 0.262 e. The predicted molar refractivity (Wildman–Crippen MR) is 117 cm³/mol. The molecule has 0 radical (unpaired) electrons. The normalized spacial score (nSPS) is 10.8. The standard InChI is InChI=1S/C22H29BrN2O2/c1-6-25(7-2)18-10-8-17(9-11-18)24-22(26)14-27-21-12-16(5)20(23)13-19(21)15(3)4/h8-13,15H,6-7,14H2,1-5H3,(H,24,26). The first-order valence-corrected chi connectivity index (χ1v) is 10.2. The summed E-state index contributed by atoms with van der Waals surface area (Å²) >= 11 is 3.56. The fourth-order valence-electron chi connectivity index (χ4n) is 2.93. The van der Waals surface area contributed by atoms with Crippen LogP contribution in [0.25, 0.3) is 0 Å². The fraction of sp³-hybridized carbons (Fsp3) is 0.409. The maximum atomic E-state index is 12.3. The molecule has 0 fully saturated rings. The molecule has 0 aliphatic carbocycles. The highest BCUT2D eigenvalue weighted by molar-refractivity contribution is 9.10. The number of nitrogens with zero attached hydrogens (tertiary/aromatic N) is 1. The smallest absolute Gasteiger partial charge is 0.262 e. The van der Waals surface area contributed by atoms with Gasteiger partial charge >= 0.3 is 0 Å². The van der Waals surface area contributed by atoms with Crippen LogP contribution in [0.3, 0.4) is 0 Å². The van der Waals surface area contributed by atoms with E-state index in [2.05, 4.69) is 59.9 Å². The molecular formula is C22H29BrN2O2. The number of aryl methyl sites for hydroxylation is 1. The molecule has 1 amide bonds. The third-order valence-electron chi connectivity index (χ3n) is 4.55. The highest BCUT2D eigenvalue weighted by Crippen LogP contribution is 2.32. The topological polar surface area (TPSA) is 41.6 Å². The highest BCUT2D eigenvalue weighted by atomic mass is 79.9. The Morgan fingerprint density at radius 3 is 2.33 bits per heavy atom.